The quantitative estimate of drug-likeness (QED) is 0.815. The second-order valence-electron chi connectivity index (χ2n) is 3.81. The number of carbonyl (C=O) groups is 1. The van der Waals surface area contributed by atoms with Crippen LogP contribution in [0.5, 0.6) is 0 Å². The van der Waals surface area contributed by atoms with Crippen molar-refractivity contribution in [1.82, 2.24) is 15.5 Å². The van der Waals surface area contributed by atoms with Crippen LogP contribution in [-0.4, -0.2) is 33.1 Å². The van der Waals surface area contributed by atoms with E-state index in [1.165, 1.54) is 11.8 Å². The standard InChI is InChI=1S/C10H15N3OS3/c1-3-15-9-12-13-10(17-9)16-6(2)8(14)11-7-4-5-7/h6-7H,3-5H2,1-2H3,(H,11,14)/t6-/m1/s1. The van der Waals surface area contributed by atoms with Gasteiger partial charge in [-0.3, -0.25) is 4.79 Å². The monoisotopic (exact) mass is 289 g/mol. The Morgan fingerprint density at radius 1 is 1.53 bits per heavy atom. The zero-order valence-electron chi connectivity index (χ0n) is 9.80. The van der Waals surface area contributed by atoms with Crippen molar-refractivity contribution in [2.24, 2.45) is 0 Å². The summed E-state index contributed by atoms with van der Waals surface area (Å²) in [6.07, 6.45) is 2.25. The molecule has 1 N–H and O–H groups in total. The zero-order chi connectivity index (χ0) is 12.3. The summed E-state index contributed by atoms with van der Waals surface area (Å²) in [5.41, 5.74) is 0. The maximum absolute atomic E-state index is 11.7. The predicted octanol–water partition coefficient (Wildman–Crippen LogP) is 2.41. The highest BCUT2D eigenvalue weighted by Gasteiger charge is 2.26. The van der Waals surface area contributed by atoms with Crippen molar-refractivity contribution in [2.75, 3.05) is 5.75 Å². The molecule has 0 aliphatic heterocycles. The molecule has 1 aromatic rings. The van der Waals surface area contributed by atoms with Crippen molar-refractivity contribution in [3.63, 3.8) is 0 Å². The first-order valence-electron chi connectivity index (χ1n) is 5.62. The molecule has 0 radical (unpaired) electrons. The number of hydrogen-bond acceptors (Lipinski definition) is 6. The molecule has 1 atom stereocenters. The van der Waals surface area contributed by atoms with Gasteiger partial charge in [-0.2, -0.15) is 0 Å². The van der Waals surface area contributed by atoms with E-state index in [0.29, 0.717) is 6.04 Å². The summed E-state index contributed by atoms with van der Waals surface area (Å²) in [5, 5.41) is 11.1. The molecule has 1 heterocycles. The summed E-state index contributed by atoms with van der Waals surface area (Å²) in [7, 11) is 0. The van der Waals surface area contributed by atoms with Crippen LogP contribution < -0.4 is 5.32 Å². The third kappa shape index (κ3) is 4.15. The first-order chi connectivity index (χ1) is 8.19. The predicted molar refractivity (Wildman–Crippen MR) is 72.8 cm³/mol. The number of nitrogens with zero attached hydrogens (tertiary/aromatic N) is 2. The molecule has 1 aliphatic rings. The van der Waals surface area contributed by atoms with Crippen molar-refractivity contribution in [3.8, 4) is 0 Å². The zero-order valence-corrected chi connectivity index (χ0v) is 12.3. The third-order valence-corrected chi connectivity index (χ3v) is 5.35. The van der Waals surface area contributed by atoms with Crippen LogP contribution in [0.25, 0.3) is 0 Å². The molecule has 0 saturated heterocycles. The summed E-state index contributed by atoms with van der Waals surface area (Å²) in [4.78, 5) is 11.7. The minimum Gasteiger partial charge on any atom is -0.352 e. The van der Waals surface area contributed by atoms with E-state index in [4.69, 9.17) is 0 Å². The van der Waals surface area contributed by atoms with Crippen LogP contribution in [0, 0.1) is 0 Å². The highest BCUT2D eigenvalue weighted by molar-refractivity contribution is 8.03. The van der Waals surface area contributed by atoms with E-state index >= 15 is 0 Å². The van der Waals surface area contributed by atoms with Gasteiger partial charge in [0.2, 0.25) is 5.91 Å². The van der Waals surface area contributed by atoms with Crippen molar-refractivity contribution >= 4 is 40.8 Å². The van der Waals surface area contributed by atoms with Crippen LogP contribution >= 0.6 is 34.9 Å². The lowest BCUT2D eigenvalue weighted by atomic mass is 10.4. The van der Waals surface area contributed by atoms with Gasteiger partial charge in [-0.05, 0) is 25.5 Å². The largest absolute Gasteiger partial charge is 0.352 e. The lowest BCUT2D eigenvalue weighted by Gasteiger charge is -2.08. The number of aromatic nitrogens is 2. The fourth-order valence-electron chi connectivity index (χ4n) is 1.18. The van der Waals surface area contributed by atoms with Gasteiger partial charge in [-0.15, -0.1) is 10.2 Å². The van der Waals surface area contributed by atoms with Crippen molar-refractivity contribution in [3.05, 3.63) is 0 Å². The molecule has 0 unspecified atom stereocenters. The number of amides is 1. The van der Waals surface area contributed by atoms with Gasteiger partial charge in [0.25, 0.3) is 0 Å². The molecular formula is C10H15N3OS3. The minimum atomic E-state index is -0.0944. The second kappa shape index (κ2) is 6.06. The number of thioether (sulfide) groups is 2. The Morgan fingerprint density at radius 3 is 2.88 bits per heavy atom. The summed E-state index contributed by atoms with van der Waals surface area (Å²) < 4.78 is 1.85. The van der Waals surface area contributed by atoms with Crippen LogP contribution in [0.4, 0.5) is 0 Å². The Balaban J connectivity index is 1.83. The van der Waals surface area contributed by atoms with Gasteiger partial charge in [0, 0.05) is 6.04 Å². The average Bonchev–Trinajstić information content (AvgIpc) is 3.00. The maximum atomic E-state index is 11.7. The normalized spacial score (nSPS) is 16.8. The Kier molecular flexibility index (Phi) is 4.69. The lowest BCUT2D eigenvalue weighted by molar-refractivity contribution is -0.120. The van der Waals surface area contributed by atoms with Crippen LogP contribution in [-0.2, 0) is 4.79 Å². The van der Waals surface area contributed by atoms with E-state index in [1.54, 1.807) is 23.1 Å². The highest BCUT2D eigenvalue weighted by Crippen LogP contribution is 2.31. The first-order valence-corrected chi connectivity index (χ1v) is 8.30. The summed E-state index contributed by atoms with van der Waals surface area (Å²) in [6.45, 7) is 4.00. The van der Waals surface area contributed by atoms with E-state index in [0.717, 1.165) is 27.3 Å². The summed E-state index contributed by atoms with van der Waals surface area (Å²) in [5.74, 6) is 1.11. The van der Waals surface area contributed by atoms with Gasteiger partial charge in [-0.1, -0.05) is 41.8 Å². The maximum Gasteiger partial charge on any atom is 0.233 e. The molecule has 0 aromatic carbocycles. The van der Waals surface area contributed by atoms with Gasteiger partial charge < -0.3 is 5.32 Å². The van der Waals surface area contributed by atoms with E-state index < -0.39 is 0 Å². The molecule has 1 fully saturated rings. The smallest absolute Gasteiger partial charge is 0.233 e. The fourth-order valence-corrected chi connectivity index (χ4v) is 4.25. The Labute approximate surface area is 113 Å². The van der Waals surface area contributed by atoms with E-state index in [-0.39, 0.29) is 11.2 Å². The third-order valence-electron chi connectivity index (χ3n) is 2.23. The molecule has 2 rings (SSSR count). The molecule has 17 heavy (non-hydrogen) atoms. The number of carbonyl (C=O) groups excluding carboxylic acids is 1. The molecule has 7 heteroatoms. The first kappa shape index (κ1) is 13.2. The number of hydrogen-bond donors (Lipinski definition) is 1. The molecule has 1 amide bonds. The van der Waals surface area contributed by atoms with Gasteiger partial charge >= 0.3 is 0 Å². The van der Waals surface area contributed by atoms with Crippen LogP contribution in [0.3, 0.4) is 0 Å². The topological polar surface area (TPSA) is 54.9 Å². The van der Waals surface area contributed by atoms with Gasteiger partial charge in [-0.25, -0.2) is 0 Å². The molecule has 94 valence electrons. The minimum absolute atomic E-state index is 0.0944. The van der Waals surface area contributed by atoms with Crippen molar-refractivity contribution in [1.29, 1.82) is 0 Å². The van der Waals surface area contributed by atoms with Crippen molar-refractivity contribution in [2.45, 2.75) is 46.7 Å². The van der Waals surface area contributed by atoms with Crippen LogP contribution in [0.15, 0.2) is 8.68 Å². The van der Waals surface area contributed by atoms with Gasteiger partial charge in [0.05, 0.1) is 5.25 Å². The molecule has 0 bridgehead atoms. The van der Waals surface area contributed by atoms with E-state index in [9.17, 15) is 4.79 Å². The van der Waals surface area contributed by atoms with Crippen molar-refractivity contribution < 1.29 is 4.79 Å². The Hall–Kier alpha value is -0.270. The summed E-state index contributed by atoms with van der Waals surface area (Å²) >= 11 is 4.73. The number of rotatable bonds is 6. The van der Waals surface area contributed by atoms with E-state index in [2.05, 4.69) is 22.4 Å². The van der Waals surface area contributed by atoms with Crippen LogP contribution in [0.1, 0.15) is 26.7 Å². The summed E-state index contributed by atoms with van der Waals surface area (Å²) in [6, 6.07) is 0.422. The van der Waals surface area contributed by atoms with Gasteiger partial charge in [0.15, 0.2) is 8.68 Å². The molecule has 4 nitrogen and oxygen atoms in total. The molecule has 1 aromatic heterocycles. The Bertz CT molecular complexity index is 392. The average molecular weight is 289 g/mol. The number of nitrogens with one attached hydrogen (secondary N) is 1. The fraction of sp³-hybridized carbons (Fsp3) is 0.700. The molecule has 0 spiro atoms. The van der Waals surface area contributed by atoms with Gasteiger partial charge in [0.1, 0.15) is 0 Å². The molecule has 1 aliphatic carbocycles. The molecule has 1 saturated carbocycles. The SMILES string of the molecule is CCSc1nnc(S[C@H](C)C(=O)NC2CC2)s1. The second-order valence-corrected chi connectivity index (χ2v) is 7.89. The molecular weight excluding hydrogens is 274 g/mol. The lowest BCUT2D eigenvalue weighted by Crippen LogP contribution is -2.32. The van der Waals surface area contributed by atoms with E-state index in [1.807, 2.05) is 6.92 Å². The highest BCUT2D eigenvalue weighted by atomic mass is 32.2. The Morgan fingerprint density at radius 2 is 2.24 bits per heavy atom. The van der Waals surface area contributed by atoms with Crippen LogP contribution in [0.2, 0.25) is 0 Å².